The number of hydrogen-bond donors (Lipinski definition) is 1. The molecule has 0 spiro atoms. The minimum absolute atomic E-state index is 0.134. The van der Waals surface area contributed by atoms with E-state index in [2.05, 4.69) is 5.32 Å². The van der Waals surface area contributed by atoms with Gasteiger partial charge in [-0.2, -0.15) is 0 Å². The predicted octanol–water partition coefficient (Wildman–Crippen LogP) is 4.83. The number of hydrogen-bond acceptors (Lipinski definition) is 1. The summed E-state index contributed by atoms with van der Waals surface area (Å²) in [5.74, 6) is -0.729. The van der Waals surface area contributed by atoms with E-state index in [9.17, 15) is 4.79 Å². The number of benzene rings is 2. The topological polar surface area (TPSA) is 29.1 Å². The molecule has 3 rings (SSSR count). The molecule has 0 bridgehead atoms. The van der Waals surface area contributed by atoms with Gasteiger partial charge in [0, 0.05) is 11.6 Å². The lowest BCUT2D eigenvalue weighted by molar-refractivity contribution is -0.117. The Morgan fingerprint density at radius 1 is 1.09 bits per heavy atom. The minimum atomic E-state index is -1.04. The van der Waals surface area contributed by atoms with E-state index in [1.165, 1.54) is 0 Å². The highest BCUT2D eigenvalue weighted by Crippen LogP contribution is 2.65. The van der Waals surface area contributed by atoms with E-state index in [4.69, 9.17) is 23.2 Å². The normalized spacial score (nSPS) is 22.2. The van der Waals surface area contributed by atoms with Crippen LogP contribution in [0.25, 0.3) is 0 Å². The van der Waals surface area contributed by atoms with Crippen molar-refractivity contribution in [2.45, 2.75) is 24.1 Å². The fourth-order valence-corrected chi connectivity index (χ4v) is 3.72. The molecule has 1 aliphatic rings. The number of halogens is 2. The fraction of sp³-hybridized carbons (Fsp3) is 0.278. The molecule has 0 aromatic heterocycles. The van der Waals surface area contributed by atoms with E-state index in [0.717, 1.165) is 22.4 Å². The quantitative estimate of drug-likeness (QED) is 0.801. The van der Waals surface area contributed by atoms with Crippen LogP contribution in [-0.2, 0) is 4.79 Å². The van der Waals surface area contributed by atoms with E-state index in [1.54, 1.807) is 0 Å². The molecule has 114 valence electrons. The Hall–Kier alpha value is -1.51. The lowest BCUT2D eigenvalue weighted by atomic mass is 10.1. The van der Waals surface area contributed by atoms with Crippen LogP contribution in [0, 0.1) is 19.8 Å². The van der Waals surface area contributed by atoms with Gasteiger partial charge < -0.3 is 5.32 Å². The highest BCUT2D eigenvalue weighted by Gasteiger charge is 2.67. The molecule has 1 fully saturated rings. The molecule has 4 heteroatoms. The van der Waals surface area contributed by atoms with Gasteiger partial charge >= 0.3 is 0 Å². The summed E-state index contributed by atoms with van der Waals surface area (Å²) in [6.45, 7) is 3.99. The van der Waals surface area contributed by atoms with Crippen molar-refractivity contribution >= 4 is 34.8 Å². The third-order valence-electron chi connectivity index (χ3n) is 4.13. The first-order valence-corrected chi connectivity index (χ1v) is 7.97. The summed E-state index contributed by atoms with van der Waals surface area (Å²) in [6.07, 6.45) is 0. The average Bonchev–Trinajstić information content (AvgIpc) is 3.05. The minimum Gasteiger partial charge on any atom is -0.325 e. The number of carbonyl (C=O) groups is 1. The molecule has 0 saturated heterocycles. The molecule has 0 unspecified atom stereocenters. The van der Waals surface area contributed by atoms with Gasteiger partial charge in [0.05, 0.1) is 5.92 Å². The maximum absolute atomic E-state index is 12.5. The Labute approximate surface area is 140 Å². The molecule has 2 aromatic rings. The van der Waals surface area contributed by atoms with Gasteiger partial charge in [0.15, 0.2) is 0 Å². The first-order valence-electron chi connectivity index (χ1n) is 7.22. The zero-order valence-corrected chi connectivity index (χ0v) is 13.9. The molecule has 1 amide bonds. The van der Waals surface area contributed by atoms with Crippen molar-refractivity contribution in [3.63, 3.8) is 0 Å². The van der Waals surface area contributed by atoms with Crippen LogP contribution in [-0.4, -0.2) is 10.2 Å². The van der Waals surface area contributed by atoms with Crippen molar-refractivity contribution in [1.82, 2.24) is 0 Å². The monoisotopic (exact) mass is 333 g/mol. The molecule has 2 atom stereocenters. The third kappa shape index (κ3) is 2.73. The fourth-order valence-electron chi connectivity index (χ4n) is 2.89. The molecule has 0 radical (unpaired) electrons. The van der Waals surface area contributed by atoms with Crippen LogP contribution in [0.4, 0.5) is 5.69 Å². The first kappa shape index (κ1) is 15.4. The Bertz CT molecular complexity index is 712. The maximum Gasteiger partial charge on any atom is 0.231 e. The van der Waals surface area contributed by atoms with Gasteiger partial charge in [-0.1, -0.05) is 48.0 Å². The zero-order chi connectivity index (χ0) is 15.9. The van der Waals surface area contributed by atoms with Crippen LogP contribution in [0.5, 0.6) is 0 Å². The molecule has 22 heavy (non-hydrogen) atoms. The van der Waals surface area contributed by atoms with Crippen molar-refractivity contribution in [3.8, 4) is 0 Å². The van der Waals surface area contributed by atoms with Gasteiger partial charge in [0.1, 0.15) is 4.33 Å². The SMILES string of the molecule is Cc1ccc(NC(=O)[C@H]2[C@H](c3ccccc3)C2(Cl)Cl)c(C)c1. The molecule has 0 heterocycles. The Morgan fingerprint density at radius 2 is 1.77 bits per heavy atom. The first-order chi connectivity index (χ1) is 10.4. The van der Waals surface area contributed by atoms with Crippen LogP contribution in [0.2, 0.25) is 0 Å². The molecule has 1 saturated carbocycles. The summed E-state index contributed by atoms with van der Waals surface area (Å²) in [6, 6.07) is 15.6. The van der Waals surface area contributed by atoms with Gasteiger partial charge in [-0.15, -0.1) is 23.2 Å². The number of aryl methyl sites for hydroxylation is 2. The second kappa shape index (κ2) is 5.60. The largest absolute Gasteiger partial charge is 0.325 e. The van der Waals surface area contributed by atoms with Crippen LogP contribution in [0.1, 0.15) is 22.6 Å². The van der Waals surface area contributed by atoms with Crippen LogP contribution in [0.15, 0.2) is 48.5 Å². The molecular weight excluding hydrogens is 317 g/mol. The van der Waals surface area contributed by atoms with Gasteiger partial charge in [0.25, 0.3) is 0 Å². The number of nitrogens with one attached hydrogen (secondary N) is 1. The van der Waals surface area contributed by atoms with Crippen LogP contribution >= 0.6 is 23.2 Å². The van der Waals surface area contributed by atoms with Crippen LogP contribution in [0.3, 0.4) is 0 Å². The number of carbonyl (C=O) groups excluding carboxylic acids is 1. The van der Waals surface area contributed by atoms with E-state index in [0.29, 0.717) is 0 Å². The molecule has 1 aliphatic carbocycles. The van der Waals surface area contributed by atoms with Gasteiger partial charge in [-0.25, -0.2) is 0 Å². The second-order valence-corrected chi connectivity index (χ2v) is 7.29. The molecular formula is C18H17Cl2NO. The summed E-state index contributed by atoms with van der Waals surface area (Å²) in [5.41, 5.74) is 3.99. The smallest absolute Gasteiger partial charge is 0.231 e. The summed E-state index contributed by atoms with van der Waals surface area (Å²) in [7, 11) is 0. The maximum atomic E-state index is 12.5. The Kier molecular flexibility index (Phi) is 3.92. The van der Waals surface area contributed by atoms with E-state index < -0.39 is 10.3 Å². The summed E-state index contributed by atoms with van der Waals surface area (Å²) in [5, 5.41) is 2.95. The average molecular weight is 334 g/mol. The van der Waals surface area contributed by atoms with Crippen molar-refractivity contribution in [2.75, 3.05) is 5.32 Å². The van der Waals surface area contributed by atoms with Crippen LogP contribution < -0.4 is 5.32 Å². The van der Waals surface area contributed by atoms with Gasteiger partial charge in [-0.3, -0.25) is 4.79 Å². The van der Waals surface area contributed by atoms with Gasteiger partial charge in [-0.05, 0) is 31.0 Å². The third-order valence-corrected chi connectivity index (χ3v) is 5.07. The number of rotatable bonds is 3. The molecule has 1 N–H and O–H groups in total. The number of amides is 1. The lowest BCUT2D eigenvalue weighted by Gasteiger charge is -2.09. The van der Waals surface area contributed by atoms with Crippen molar-refractivity contribution in [2.24, 2.45) is 5.92 Å². The number of anilines is 1. The Balaban J connectivity index is 1.78. The van der Waals surface area contributed by atoms with Crippen molar-refractivity contribution in [1.29, 1.82) is 0 Å². The lowest BCUT2D eigenvalue weighted by Crippen LogP contribution is -2.17. The number of alkyl halides is 2. The predicted molar refractivity (Wildman–Crippen MR) is 91.7 cm³/mol. The zero-order valence-electron chi connectivity index (χ0n) is 12.4. The Morgan fingerprint density at radius 3 is 2.41 bits per heavy atom. The highest BCUT2D eigenvalue weighted by molar-refractivity contribution is 6.53. The summed E-state index contributed by atoms with van der Waals surface area (Å²) >= 11 is 12.7. The van der Waals surface area contributed by atoms with Crippen molar-refractivity contribution < 1.29 is 4.79 Å². The summed E-state index contributed by atoms with van der Waals surface area (Å²) in [4.78, 5) is 12.5. The van der Waals surface area contributed by atoms with Gasteiger partial charge in [0.2, 0.25) is 5.91 Å². The van der Waals surface area contributed by atoms with E-state index in [-0.39, 0.29) is 11.8 Å². The summed E-state index contributed by atoms with van der Waals surface area (Å²) < 4.78 is -1.04. The molecule has 0 aliphatic heterocycles. The van der Waals surface area contributed by atoms with Crippen molar-refractivity contribution in [3.05, 3.63) is 65.2 Å². The molecule has 2 aromatic carbocycles. The highest BCUT2D eigenvalue weighted by atomic mass is 35.5. The van der Waals surface area contributed by atoms with E-state index >= 15 is 0 Å². The standard InChI is InChI=1S/C18H17Cl2NO/c1-11-8-9-14(12(2)10-11)21-17(22)16-15(18(16,19)20)13-6-4-3-5-7-13/h3-10,15-16H,1-2H3,(H,21,22)/t15-,16+/m0/s1. The second-order valence-electron chi connectivity index (χ2n) is 5.85. The van der Waals surface area contributed by atoms with E-state index in [1.807, 2.05) is 62.4 Å². The molecule has 2 nitrogen and oxygen atoms in total.